The molecule has 4 rings (SSSR count). The van der Waals surface area contributed by atoms with Gasteiger partial charge in [0, 0.05) is 17.8 Å². The fourth-order valence-electron chi connectivity index (χ4n) is 2.52. The molecule has 0 amide bonds. The summed E-state index contributed by atoms with van der Waals surface area (Å²) in [6.07, 6.45) is 3.75. The van der Waals surface area contributed by atoms with Crippen molar-refractivity contribution in [3.8, 4) is 0 Å². The van der Waals surface area contributed by atoms with Crippen LogP contribution in [0.4, 0.5) is 8.78 Å². The van der Waals surface area contributed by atoms with Gasteiger partial charge in [-0.3, -0.25) is 13.9 Å². The van der Waals surface area contributed by atoms with Crippen molar-refractivity contribution in [2.75, 3.05) is 0 Å². The van der Waals surface area contributed by atoms with Crippen LogP contribution in [0.15, 0.2) is 52.2 Å². The Balaban J connectivity index is 1.85. The molecular formula is C15H10F2N4O2. The molecule has 0 unspecified atom stereocenters. The molecule has 3 heterocycles. The molecule has 0 aliphatic heterocycles. The van der Waals surface area contributed by atoms with Gasteiger partial charge in [0.15, 0.2) is 0 Å². The molecular weight excluding hydrogens is 306 g/mol. The fourth-order valence-corrected chi connectivity index (χ4v) is 2.52. The zero-order chi connectivity index (χ0) is 16.0. The Hall–Kier alpha value is -3.03. The normalized spacial score (nSPS) is 11.8. The summed E-state index contributed by atoms with van der Waals surface area (Å²) >= 11 is 0. The van der Waals surface area contributed by atoms with Crippen LogP contribution >= 0.6 is 0 Å². The summed E-state index contributed by atoms with van der Waals surface area (Å²) in [4.78, 5) is 20.6. The predicted octanol–water partition coefficient (Wildman–Crippen LogP) is 2.78. The van der Waals surface area contributed by atoms with E-state index >= 15 is 0 Å². The van der Waals surface area contributed by atoms with Gasteiger partial charge in [0.1, 0.15) is 16.9 Å². The molecule has 8 heteroatoms. The van der Waals surface area contributed by atoms with Gasteiger partial charge in [0.05, 0.1) is 12.9 Å². The highest BCUT2D eigenvalue weighted by Crippen LogP contribution is 2.24. The Morgan fingerprint density at radius 1 is 1.22 bits per heavy atom. The first kappa shape index (κ1) is 13.6. The monoisotopic (exact) mass is 316 g/mol. The molecule has 0 aliphatic carbocycles. The van der Waals surface area contributed by atoms with E-state index in [1.54, 1.807) is 18.2 Å². The Labute approximate surface area is 127 Å². The maximum absolute atomic E-state index is 12.9. The van der Waals surface area contributed by atoms with E-state index in [0.717, 1.165) is 11.6 Å². The number of imidazole rings is 1. The maximum atomic E-state index is 12.9. The largest absolute Gasteiger partial charge is 0.448 e. The van der Waals surface area contributed by atoms with Crippen molar-refractivity contribution in [3.05, 3.63) is 59.2 Å². The number of alkyl halides is 2. The number of benzene rings is 1. The van der Waals surface area contributed by atoms with Gasteiger partial charge >= 0.3 is 6.55 Å². The second-order valence-corrected chi connectivity index (χ2v) is 4.98. The standard InChI is InChI=1S/C15H10F2N4O2/c16-15(17)21-6-5-18-11(21)7-20-8-19-12-9-3-1-2-4-10(9)23-13(12)14(20)22/h1-6,8,15H,7H2. The fraction of sp³-hybridized carbons (Fsp3) is 0.133. The number of para-hydroxylation sites is 1. The van der Waals surface area contributed by atoms with Gasteiger partial charge in [0.25, 0.3) is 5.56 Å². The molecule has 0 spiro atoms. The van der Waals surface area contributed by atoms with Crippen LogP contribution in [0.2, 0.25) is 0 Å². The average molecular weight is 316 g/mol. The van der Waals surface area contributed by atoms with Crippen molar-refractivity contribution >= 4 is 22.1 Å². The predicted molar refractivity (Wildman–Crippen MR) is 78.4 cm³/mol. The van der Waals surface area contributed by atoms with E-state index < -0.39 is 12.1 Å². The zero-order valence-electron chi connectivity index (χ0n) is 11.7. The van der Waals surface area contributed by atoms with Crippen LogP contribution in [-0.2, 0) is 6.54 Å². The van der Waals surface area contributed by atoms with E-state index in [4.69, 9.17) is 4.42 Å². The van der Waals surface area contributed by atoms with Gasteiger partial charge in [-0.25, -0.2) is 9.97 Å². The molecule has 116 valence electrons. The Morgan fingerprint density at radius 3 is 2.87 bits per heavy atom. The van der Waals surface area contributed by atoms with Crippen LogP contribution in [0, 0.1) is 0 Å². The topological polar surface area (TPSA) is 65.8 Å². The smallest absolute Gasteiger partial charge is 0.319 e. The van der Waals surface area contributed by atoms with Crippen molar-refractivity contribution < 1.29 is 13.2 Å². The zero-order valence-corrected chi connectivity index (χ0v) is 11.7. The molecule has 0 aliphatic rings. The maximum Gasteiger partial charge on any atom is 0.319 e. The third kappa shape index (κ3) is 2.10. The van der Waals surface area contributed by atoms with E-state index in [-0.39, 0.29) is 18.0 Å². The lowest BCUT2D eigenvalue weighted by Gasteiger charge is -2.07. The summed E-state index contributed by atoms with van der Waals surface area (Å²) in [5.74, 6) is 0.0689. The van der Waals surface area contributed by atoms with Crippen molar-refractivity contribution in [3.63, 3.8) is 0 Å². The van der Waals surface area contributed by atoms with E-state index in [9.17, 15) is 13.6 Å². The van der Waals surface area contributed by atoms with Crippen LogP contribution in [-0.4, -0.2) is 19.1 Å². The summed E-state index contributed by atoms with van der Waals surface area (Å²) in [6, 6.07) is 7.17. The van der Waals surface area contributed by atoms with Crippen LogP contribution in [0.3, 0.4) is 0 Å². The molecule has 0 saturated heterocycles. The first-order valence-electron chi connectivity index (χ1n) is 6.81. The van der Waals surface area contributed by atoms with Gasteiger partial charge in [-0.05, 0) is 12.1 Å². The minimum atomic E-state index is -2.72. The summed E-state index contributed by atoms with van der Waals surface area (Å²) in [5, 5.41) is 0.737. The van der Waals surface area contributed by atoms with Crippen molar-refractivity contribution in [2.45, 2.75) is 13.1 Å². The second-order valence-electron chi connectivity index (χ2n) is 4.98. The third-order valence-corrected chi connectivity index (χ3v) is 3.62. The van der Waals surface area contributed by atoms with Crippen molar-refractivity contribution in [1.29, 1.82) is 0 Å². The number of hydrogen-bond acceptors (Lipinski definition) is 4. The first-order valence-corrected chi connectivity index (χ1v) is 6.81. The molecule has 6 nitrogen and oxygen atoms in total. The third-order valence-electron chi connectivity index (χ3n) is 3.62. The Bertz CT molecular complexity index is 1060. The lowest BCUT2D eigenvalue weighted by Crippen LogP contribution is -2.22. The highest BCUT2D eigenvalue weighted by atomic mass is 19.3. The minimum Gasteiger partial charge on any atom is -0.448 e. The quantitative estimate of drug-likeness (QED) is 0.583. The van der Waals surface area contributed by atoms with Gasteiger partial charge in [-0.2, -0.15) is 8.78 Å². The van der Waals surface area contributed by atoms with Gasteiger partial charge in [0.2, 0.25) is 5.58 Å². The van der Waals surface area contributed by atoms with E-state index in [2.05, 4.69) is 9.97 Å². The molecule has 23 heavy (non-hydrogen) atoms. The first-order chi connectivity index (χ1) is 11.1. The van der Waals surface area contributed by atoms with E-state index in [1.165, 1.54) is 17.1 Å². The molecule has 3 aromatic heterocycles. The molecule has 0 N–H and O–H groups in total. The van der Waals surface area contributed by atoms with Crippen LogP contribution in [0.25, 0.3) is 22.1 Å². The second kappa shape index (κ2) is 5.01. The number of hydrogen-bond donors (Lipinski definition) is 0. The SMILES string of the molecule is O=c1c2oc3ccccc3c2ncn1Cc1nccn1C(F)F. The summed E-state index contributed by atoms with van der Waals surface area (Å²) in [7, 11) is 0. The molecule has 1 aromatic carbocycles. The van der Waals surface area contributed by atoms with Gasteiger partial charge in [-0.1, -0.05) is 12.1 Å². The lowest BCUT2D eigenvalue weighted by molar-refractivity contribution is 0.0666. The van der Waals surface area contributed by atoms with Gasteiger partial charge in [-0.15, -0.1) is 0 Å². The highest BCUT2D eigenvalue weighted by Gasteiger charge is 2.16. The van der Waals surface area contributed by atoms with E-state index in [0.29, 0.717) is 15.7 Å². The molecule has 0 radical (unpaired) electrons. The molecule has 0 fully saturated rings. The van der Waals surface area contributed by atoms with Crippen LogP contribution in [0.1, 0.15) is 12.4 Å². The summed E-state index contributed by atoms with van der Waals surface area (Å²) < 4.78 is 33.2. The Morgan fingerprint density at radius 2 is 2.04 bits per heavy atom. The van der Waals surface area contributed by atoms with Crippen molar-refractivity contribution in [1.82, 2.24) is 19.1 Å². The number of nitrogens with zero attached hydrogens (tertiary/aromatic N) is 4. The average Bonchev–Trinajstić information content (AvgIpc) is 3.15. The van der Waals surface area contributed by atoms with Gasteiger partial charge < -0.3 is 4.42 Å². The van der Waals surface area contributed by atoms with E-state index in [1.807, 2.05) is 6.07 Å². The summed E-state index contributed by atoms with van der Waals surface area (Å²) in [5.41, 5.74) is 0.678. The molecule has 0 atom stereocenters. The minimum absolute atomic E-state index is 0.0689. The summed E-state index contributed by atoms with van der Waals surface area (Å²) in [6.45, 7) is -2.83. The molecule has 4 aromatic rings. The molecule has 0 bridgehead atoms. The van der Waals surface area contributed by atoms with Crippen molar-refractivity contribution in [2.24, 2.45) is 0 Å². The van der Waals surface area contributed by atoms with Crippen LogP contribution in [0.5, 0.6) is 0 Å². The Kier molecular flexibility index (Phi) is 2.97. The number of aromatic nitrogens is 4. The number of furan rings is 1. The number of rotatable bonds is 3. The highest BCUT2D eigenvalue weighted by molar-refractivity contribution is 6.01. The number of halogens is 2. The number of fused-ring (bicyclic) bond motifs is 3. The lowest BCUT2D eigenvalue weighted by atomic mass is 10.2. The van der Waals surface area contributed by atoms with Crippen LogP contribution < -0.4 is 5.56 Å². The molecule has 0 saturated carbocycles.